The largest absolute Gasteiger partial charge is 0.489 e. The topological polar surface area (TPSA) is 76.1 Å². The molecule has 0 amide bonds. The van der Waals surface area contributed by atoms with E-state index in [1.165, 1.54) is 7.11 Å². The third kappa shape index (κ3) is 4.51. The molecule has 1 atom stereocenters. The summed E-state index contributed by atoms with van der Waals surface area (Å²) in [5, 5.41) is 9.41. The number of carbonyl (C=O) groups excluding carboxylic acids is 1. The molecule has 1 unspecified atom stereocenters. The number of benzene rings is 2. The first kappa shape index (κ1) is 19.9. The van der Waals surface area contributed by atoms with Crippen LogP contribution in [0.3, 0.4) is 0 Å². The molecule has 6 heteroatoms. The van der Waals surface area contributed by atoms with Gasteiger partial charge >= 0.3 is 11.9 Å². The number of esters is 1. The average Bonchev–Trinajstić information content (AvgIpc) is 3.09. The van der Waals surface area contributed by atoms with Crippen LogP contribution < -0.4 is 4.74 Å². The maximum absolute atomic E-state index is 11.5. The quantitative estimate of drug-likeness (QED) is 0.739. The molecule has 1 heterocycles. The van der Waals surface area contributed by atoms with Crippen molar-refractivity contribution in [2.75, 3.05) is 20.2 Å². The molecule has 0 bridgehead atoms. The second-order valence-corrected chi connectivity index (χ2v) is 7.41. The molecule has 2 aromatic carbocycles. The Morgan fingerprint density at radius 3 is 2.50 bits per heavy atom. The Bertz CT molecular complexity index is 848. The number of carboxylic acid groups (broad SMARTS) is 1. The van der Waals surface area contributed by atoms with Crippen molar-refractivity contribution in [1.29, 1.82) is 0 Å². The highest BCUT2D eigenvalue weighted by Gasteiger charge is 2.40. The first-order chi connectivity index (χ1) is 13.4. The number of methoxy groups -OCH3 is 1. The summed E-state index contributed by atoms with van der Waals surface area (Å²) >= 11 is 0. The summed E-state index contributed by atoms with van der Waals surface area (Å²) in [5.74, 6) is -0.324. The minimum atomic E-state index is -0.741. The summed E-state index contributed by atoms with van der Waals surface area (Å²) < 4.78 is 10.7. The van der Waals surface area contributed by atoms with E-state index in [1.54, 1.807) is 19.1 Å². The number of aliphatic carboxylic acids is 1. The molecule has 1 aliphatic heterocycles. The Balaban J connectivity index is 1.63. The van der Waals surface area contributed by atoms with Crippen LogP contribution in [0.2, 0.25) is 0 Å². The first-order valence-electron chi connectivity index (χ1n) is 9.25. The van der Waals surface area contributed by atoms with Crippen molar-refractivity contribution in [1.82, 2.24) is 4.90 Å². The minimum absolute atomic E-state index is 0.364. The molecule has 6 nitrogen and oxygen atoms in total. The van der Waals surface area contributed by atoms with Gasteiger partial charge in [0.25, 0.3) is 0 Å². The molecule has 0 saturated carbocycles. The summed E-state index contributed by atoms with van der Waals surface area (Å²) in [7, 11) is 1.36. The molecule has 0 spiro atoms. The summed E-state index contributed by atoms with van der Waals surface area (Å²) in [4.78, 5) is 25.1. The van der Waals surface area contributed by atoms with Crippen molar-refractivity contribution < 1.29 is 24.2 Å². The van der Waals surface area contributed by atoms with Crippen LogP contribution in [-0.4, -0.2) is 42.1 Å². The van der Waals surface area contributed by atoms with E-state index in [4.69, 9.17) is 9.47 Å². The molecule has 1 N–H and O–H groups in total. The maximum Gasteiger partial charge on any atom is 0.337 e. The van der Waals surface area contributed by atoms with E-state index < -0.39 is 11.4 Å². The highest BCUT2D eigenvalue weighted by atomic mass is 16.5. The average molecular weight is 383 g/mol. The van der Waals surface area contributed by atoms with Crippen LogP contribution in [0.1, 0.15) is 34.8 Å². The predicted molar refractivity (Wildman–Crippen MR) is 104 cm³/mol. The molecule has 0 aromatic heterocycles. The van der Waals surface area contributed by atoms with Gasteiger partial charge in [0.1, 0.15) is 12.4 Å². The second-order valence-electron chi connectivity index (χ2n) is 7.41. The van der Waals surface area contributed by atoms with E-state index in [0.717, 1.165) is 23.4 Å². The lowest BCUT2D eigenvalue weighted by Gasteiger charge is -2.21. The summed E-state index contributed by atoms with van der Waals surface area (Å²) in [6.07, 6.45) is 0.651. The zero-order chi connectivity index (χ0) is 20.1. The molecule has 1 fully saturated rings. The number of likely N-dealkylation sites (tertiary alicyclic amines) is 1. The van der Waals surface area contributed by atoms with Crippen molar-refractivity contribution >= 4 is 11.9 Å². The molecular weight excluding hydrogens is 358 g/mol. The molecule has 1 aliphatic rings. The fraction of sp³-hybridized carbons (Fsp3) is 0.364. The monoisotopic (exact) mass is 383 g/mol. The number of rotatable bonds is 7. The SMILES string of the molecule is COC(=O)c1ccc(COc2ccccc2CN2CCC(C)(C(=O)O)C2)cc1. The van der Waals surface area contributed by atoms with Crippen molar-refractivity contribution in [2.24, 2.45) is 5.41 Å². The van der Waals surface area contributed by atoms with Gasteiger partial charge in [0, 0.05) is 18.7 Å². The minimum Gasteiger partial charge on any atom is -0.489 e. The zero-order valence-electron chi connectivity index (χ0n) is 16.2. The third-order valence-corrected chi connectivity index (χ3v) is 5.20. The van der Waals surface area contributed by atoms with E-state index in [-0.39, 0.29) is 5.97 Å². The van der Waals surface area contributed by atoms with E-state index in [1.807, 2.05) is 36.4 Å². The van der Waals surface area contributed by atoms with E-state index in [2.05, 4.69) is 4.90 Å². The van der Waals surface area contributed by atoms with Crippen LogP contribution in [0.5, 0.6) is 5.75 Å². The molecule has 148 valence electrons. The standard InChI is InChI=1S/C22H25NO5/c1-22(21(25)26)11-12-23(15-22)13-18-5-3-4-6-19(18)28-14-16-7-9-17(10-8-16)20(24)27-2/h3-10H,11-15H2,1-2H3,(H,25,26). The number of ether oxygens (including phenoxy) is 2. The third-order valence-electron chi connectivity index (χ3n) is 5.20. The molecule has 0 radical (unpaired) electrons. The van der Waals surface area contributed by atoms with Gasteiger partial charge in [-0.05, 0) is 43.7 Å². The number of carbonyl (C=O) groups is 2. The van der Waals surface area contributed by atoms with Crippen LogP contribution >= 0.6 is 0 Å². The second kappa shape index (κ2) is 8.44. The lowest BCUT2D eigenvalue weighted by molar-refractivity contribution is -0.147. The highest BCUT2D eigenvalue weighted by molar-refractivity contribution is 5.89. The summed E-state index contributed by atoms with van der Waals surface area (Å²) in [6, 6.07) is 14.9. The van der Waals surface area contributed by atoms with Gasteiger partial charge in [-0.2, -0.15) is 0 Å². The van der Waals surface area contributed by atoms with Crippen molar-refractivity contribution in [3.8, 4) is 5.75 Å². The van der Waals surface area contributed by atoms with Gasteiger partial charge in [0.05, 0.1) is 18.1 Å². The fourth-order valence-corrected chi connectivity index (χ4v) is 3.40. The molecule has 2 aromatic rings. The van der Waals surface area contributed by atoms with E-state index in [9.17, 15) is 14.7 Å². The van der Waals surface area contributed by atoms with Crippen LogP contribution in [-0.2, 0) is 22.7 Å². The molecule has 28 heavy (non-hydrogen) atoms. The number of carboxylic acids is 1. The Hall–Kier alpha value is -2.86. The lowest BCUT2D eigenvalue weighted by atomic mass is 9.90. The van der Waals surface area contributed by atoms with Crippen LogP contribution in [0.25, 0.3) is 0 Å². The normalized spacial score (nSPS) is 19.4. The summed E-state index contributed by atoms with van der Waals surface area (Å²) in [5.41, 5.74) is 1.80. The van der Waals surface area contributed by atoms with Crippen molar-refractivity contribution in [3.05, 3.63) is 65.2 Å². The van der Waals surface area contributed by atoms with E-state index >= 15 is 0 Å². The van der Waals surface area contributed by atoms with Crippen LogP contribution in [0.4, 0.5) is 0 Å². The van der Waals surface area contributed by atoms with Gasteiger partial charge in [-0.1, -0.05) is 30.3 Å². The van der Waals surface area contributed by atoms with Crippen molar-refractivity contribution in [2.45, 2.75) is 26.5 Å². The Morgan fingerprint density at radius 1 is 1.14 bits per heavy atom. The zero-order valence-corrected chi connectivity index (χ0v) is 16.2. The van der Waals surface area contributed by atoms with Gasteiger partial charge in [0.2, 0.25) is 0 Å². The van der Waals surface area contributed by atoms with Gasteiger partial charge < -0.3 is 14.6 Å². The first-order valence-corrected chi connectivity index (χ1v) is 9.25. The predicted octanol–water partition coefficient (Wildman–Crippen LogP) is 3.35. The van der Waals surface area contributed by atoms with Gasteiger partial charge in [0.15, 0.2) is 0 Å². The van der Waals surface area contributed by atoms with Gasteiger partial charge in [-0.3, -0.25) is 9.69 Å². The van der Waals surface area contributed by atoms with Crippen LogP contribution in [0.15, 0.2) is 48.5 Å². The fourth-order valence-electron chi connectivity index (χ4n) is 3.40. The van der Waals surface area contributed by atoms with Crippen molar-refractivity contribution in [3.63, 3.8) is 0 Å². The Morgan fingerprint density at radius 2 is 1.86 bits per heavy atom. The van der Waals surface area contributed by atoms with Crippen LogP contribution in [0, 0.1) is 5.41 Å². The number of hydrogen-bond acceptors (Lipinski definition) is 5. The van der Waals surface area contributed by atoms with E-state index in [0.29, 0.717) is 31.7 Å². The number of nitrogens with zero attached hydrogens (tertiary/aromatic N) is 1. The maximum atomic E-state index is 11.5. The summed E-state index contributed by atoms with van der Waals surface area (Å²) in [6.45, 7) is 4.12. The lowest BCUT2D eigenvalue weighted by Crippen LogP contribution is -2.31. The van der Waals surface area contributed by atoms with Gasteiger partial charge in [-0.25, -0.2) is 4.79 Å². The number of para-hydroxylation sites is 1. The Kier molecular flexibility index (Phi) is 5.99. The highest BCUT2D eigenvalue weighted by Crippen LogP contribution is 2.32. The molecule has 1 saturated heterocycles. The molecule has 3 rings (SSSR count). The molecular formula is C22H25NO5. The molecule has 0 aliphatic carbocycles. The van der Waals surface area contributed by atoms with Gasteiger partial charge in [-0.15, -0.1) is 0 Å². The number of hydrogen-bond donors (Lipinski definition) is 1. The Labute approximate surface area is 164 Å². The smallest absolute Gasteiger partial charge is 0.337 e.